The summed E-state index contributed by atoms with van der Waals surface area (Å²) in [5.41, 5.74) is 7.01. The number of nitriles is 1. The minimum absolute atomic E-state index is 0.558. The molecule has 0 amide bonds. The van der Waals surface area contributed by atoms with Crippen molar-refractivity contribution in [2.24, 2.45) is 0 Å². The number of para-hydroxylation sites is 1. The number of rotatable bonds is 2. The first kappa shape index (κ1) is 16.3. The Balaban J connectivity index is 1.80. The van der Waals surface area contributed by atoms with Crippen LogP contribution in [0.4, 0.5) is 0 Å². The summed E-state index contributed by atoms with van der Waals surface area (Å²) in [6, 6.07) is 26.4. The van der Waals surface area contributed by atoms with Crippen LogP contribution in [-0.2, 0) is 0 Å². The maximum atomic E-state index is 9.54. The molecule has 0 bridgehead atoms. The number of furan rings is 1. The fourth-order valence-corrected chi connectivity index (χ4v) is 3.74. The molecule has 5 aromatic rings. The average Bonchev–Trinajstić information content (AvgIpc) is 3.14. The van der Waals surface area contributed by atoms with Crippen molar-refractivity contribution < 1.29 is 4.42 Å². The van der Waals surface area contributed by atoms with Crippen molar-refractivity contribution in [2.75, 3.05) is 0 Å². The van der Waals surface area contributed by atoms with Gasteiger partial charge in [-0.25, -0.2) is 0 Å². The van der Waals surface area contributed by atoms with Gasteiger partial charge in [-0.3, -0.25) is 4.98 Å². The molecule has 28 heavy (non-hydrogen) atoms. The van der Waals surface area contributed by atoms with Crippen molar-refractivity contribution in [2.45, 2.75) is 6.92 Å². The fraction of sp³-hybridized carbons (Fsp3) is 0.0400. The van der Waals surface area contributed by atoms with Crippen LogP contribution in [0.3, 0.4) is 0 Å². The Morgan fingerprint density at radius 1 is 0.893 bits per heavy atom. The normalized spacial score (nSPS) is 11.0. The molecule has 2 aromatic heterocycles. The Morgan fingerprint density at radius 2 is 1.68 bits per heavy atom. The molecular weight excluding hydrogens is 344 g/mol. The van der Waals surface area contributed by atoms with Crippen LogP contribution in [0, 0.1) is 18.3 Å². The lowest BCUT2D eigenvalue weighted by atomic mass is 9.97. The first-order valence-electron chi connectivity index (χ1n) is 9.13. The van der Waals surface area contributed by atoms with Crippen molar-refractivity contribution in [3.8, 4) is 28.5 Å². The van der Waals surface area contributed by atoms with Gasteiger partial charge < -0.3 is 4.42 Å². The van der Waals surface area contributed by atoms with E-state index in [9.17, 15) is 5.26 Å². The van der Waals surface area contributed by atoms with Crippen LogP contribution in [0.2, 0.25) is 0 Å². The van der Waals surface area contributed by atoms with Gasteiger partial charge >= 0.3 is 0 Å². The third-order valence-electron chi connectivity index (χ3n) is 5.12. The summed E-state index contributed by atoms with van der Waals surface area (Å²) in [6.45, 7) is 2.09. The van der Waals surface area contributed by atoms with E-state index in [2.05, 4.69) is 30.1 Å². The zero-order chi connectivity index (χ0) is 19.1. The predicted molar refractivity (Wildman–Crippen MR) is 112 cm³/mol. The summed E-state index contributed by atoms with van der Waals surface area (Å²) in [6.07, 6.45) is 1.64. The van der Waals surface area contributed by atoms with Crippen LogP contribution in [-0.4, -0.2) is 4.98 Å². The number of hydrogen-bond acceptors (Lipinski definition) is 3. The van der Waals surface area contributed by atoms with Crippen LogP contribution in [0.5, 0.6) is 0 Å². The standard InChI is InChI=1S/C25H16N2O/c1-16-11-12-19(25-24(16)20-9-5-6-10-23(20)28-25)22-13-21(18(14-26)15-27-22)17-7-3-2-4-8-17/h2-13,15H,1H3. The number of nitrogens with zero attached hydrogens (tertiary/aromatic N) is 2. The Labute approximate surface area is 162 Å². The summed E-state index contributed by atoms with van der Waals surface area (Å²) < 4.78 is 6.22. The second-order valence-electron chi connectivity index (χ2n) is 6.83. The molecule has 0 radical (unpaired) electrons. The molecule has 0 unspecified atom stereocenters. The lowest BCUT2D eigenvalue weighted by Crippen LogP contribution is -1.91. The number of aromatic nitrogens is 1. The van der Waals surface area contributed by atoms with Gasteiger partial charge in [0.05, 0.1) is 11.3 Å². The third kappa shape index (κ3) is 2.47. The highest BCUT2D eigenvalue weighted by Crippen LogP contribution is 2.38. The highest BCUT2D eigenvalue weighted by atomic mass is 16.3. The van der Waals surface area contributed by atoms with E-state index in [1.807, 2.05) is 60.7 Å². The third-order valence-corrected chi connectivity index (χ3v) is 5.12. The van der Waals surface area contributed by atoms with Crippen molar-refractivity contribution in [1.29, 1.82) is 5.26 Å². The average molecular weight is 360 g/mol. The van der Waals surface area contributed by atoms with E-state index in [1.54, 1.807) is 6.20 Å². The van der Waals surface area contributed by atoms with Gasteiger partial charge in [-0.15, -0.1) is 0 Å². The van der Waals surface area contributed by atoms with Gasteiger partial charge in [-0.1, -0.05) is 54.6 Å². The fourth-order valence-electron chi connectivity index (χ4n) is 3.74. The summed E-state index contributed by atoms with van der Waals surface area (Å²) in [5, 5.41) is 11.8. The van der Waals surface area contributed by atoms with Gasteiger partial charge in [0.1, 0.15) is 17.2 Å². The van der Waals surface area contributed by atoms with Crippen LogP contribution < -0.4 is 0 Å². The Morgan fingerprint density at radius 3 is 2.50 bits per heavy atom. The molecule has 0 atom stereocenters. The molecule has 5 rings (SSSR count). The minimum Gasteiger partial charge on any atom is -0.455 e. The van der Waals surface area contributed by atoms with E-state index in [0.29, 0.717) is 5.56 Å². The topological polar surface area (TPSA) is 49.8 Å². The molecule has 0 aliphatic heterocycles. The van der Waals surface area contributed by atoms with Gasteiger partial charge in [-0.2, -0.15) is 5.26 Å². The van der Waals surface area contributed by atoms with Gasteiger partial charge in [0.15, 0.2) is 0 Å². The van der Waals surface area contributed by atoms with E-state index < -0.39 is 0 Å². The van der Waals surface area contributed by atoms with Crippen molar-refractivity contribution >= 4 is 21.9 Å². The molecule has 0 aliphatic carbocycles. The Bertz CT molecular complexity index is 1370. The molecule has 0 saturated carbocycles. The highest BCUT2D eigenvalue weighted by Gasteiger charge is 2.16. The van der Waals surface area contributed by atoms with E-state index in [0.717, 1.165) is 44.3 Å². The molecule has 0 aliphatic rings. The van der Waals surface area contributed by atoms with Gasteiger partial charge in [0.25, 0.3) is 0 Å². The van der Waals surface area contributed by atoms with Crippen molar-refractivity contribution in [1.82, 2.24) is 4.98 Å². The zero-order valence-corrected chi connectivity index (χ0v) is 15.3. The van der Waals surface area contributed by atoms with Gasteiger partial charge in [-0.05, 0) is 36.2 Å². The molecule has 132 valence electrons. The monoisotopic (exact) mass is 360 g/mol. The highest BCUT2D eigenvalue weighted by molar-refractivity contribution is 6.11. The second kappa shape index (κ2) is 6.37. The summed E-state index contributed by atoms with van der Waals surface area (Å²) in [7, 11) is 0. The van der Waals surface area contributed by atoms with E-state index in [1.165, 1.54) is 5.56 Å². The van der Waals surface area contributed by atoms with Crippen LogP contribution in [0.1, 0.15) is 11.1 Å². The predicted octanol–water partition coefficient (Wildman–Crippen LogP) is 6.50. The van der Waals surface area contributed by atoms with Crippen molar-refractivity contribution in [3.63, 3.8) is 0 Å². The molecule has 3 heteroatoms. The second-order valence-corrected chi connectivity index (χ2v) is 6.83. The summed E-state index contributed by atoms with van der Waals surface area (Å²) >= 11 is 0. The molecule has 2 heterocycles. The Kier molecular flexibility index (Phi) is 3.70. The largest absolute Gasteiger partial charge is 0.455 e. The van der Waals surface area contributed by atoms with E-state index >= 15 is 0 Å². The number of pyridine rings is 1. The van der Waals surface area contributed by atoms with Gasteiger partial charge in [0, 0.05) is 28.1 Å². The maximum Gasteiger partial charge on any atom is 0.145 e. The molecule has 0 N–H and O–H groups in total. The minimum atomic E-state index is 0.558. The zero-order valence-electron chi connectivity index (χ0n) is 15.3. The number of hydrogen-bond donors (Lipinski definition) is 0. The summed E-state index contributed by atoms with van der Waals surface area (Å²) in [4.78, 5) is 4.57. The summed E-state index contributed by atoms with van der Waals surface area (Å²) in [5.74, 6) is 0. The first-order valence-corrected chi connectivity index (χ1v) is 9.13. The molecule has 0 saturated heterocycles. The van der Waals surface area contributed by atoms with E-state index in [-0.39, 0.29) is 0 Å². The number of benzene rings is 3. The molecular formula is C25H16N2O. The SMILES string of the molecule is Cc1ccc(-c2cc(-c3ccccc3)c(C#N)cn2)c2oc3ccccc3c12. The van der Waals surface area contributed by atoms with Crippen LogP contribution >= 0.6 is 0 Å². The smallest absolute Gasteiger partial charge is 0.145 e. The van der Waals surface area contributed by atoms with Gasteiger partial charge in [0.2, 0.25) is 0 Å². The quantitative estimate of drug-likeness (QED) is 0.361. The first-order chi connectivity index (χ1) is 13.8. The lowest BCUT2D eigenvalue weighted by Gasteiger charge is -2.09. The molecule has 0 spiro atoms. The molecule has 3 nitrogen and oxygen atoms in total. The van der Waals surface area contributed by atoms with E-state index in [4.69, 9.17) is 4.42 Å². The molecule has 0 fully saturated rings. The maximum absolute atomic E-state index is 9.54. The molecule has 3 aromatic carbocycles. The van der Waals surface area contributed by atoms with Crippen LogP contribution in [0.15, 0.2) is 83.4 Å². The lowest BCUT2D eigenvalue weighted by molar-refractivity contribution is 0.669. The van der Waals surface area contributed by atoms with Crippen molar-refractivity contribution in [3.05, 3.63) is 90.1 Å². The Hall–Kier alpha value is -3.90. The number of fused-ring (bicyclic) bond motifs is 3. The van der Waals surface area contributed by atoms with Crippen LogP contribution in [0.25, 0.3) is 44.3 Å². The number of aryl methyl sites for hydroxylation is 1.